The van der Waals surface area contributed by atoms with Crippen molar-refractivity contribution in [2.45, 2.75) is 45.8 Å². The second-order valence-corrected chi connectivity index (χ2v) is 7.31. The van der Waals surface area contributed by atoms with E-state index in [4.69, 9.17) is 14.3 Å². The maximum atomic E-state index is 11.0. The predicted molar refractivity (Wildman–Crippen MR) is 91.9 cm³/mol. The number of ether oxygens (including phenoxy) is 1. The molecule has 0 saturated heterocycles. The SMILES string of the molecule is CC1CN(Cc2ccc(C(=O)O)o2)c2cc(C(C)(C)C)ccc2O1. The number of carboxylic acids is 1. The Morgan fingerprint density at radius 2 is 2.04 bits per heavy atom. The average Bonchev–Trinajstić information content (AvgIpc) is 2.94. The van der Waals surface area contributed by atoms with Gasteiger partial charge in [-0.2, -0.15) is 0 Å². The van der Waals surface area contributed by atoms with Crippen LogP contribution in [0.5, 0.6) is 5.75 Å². The highest BCUT2D eigenvalue weighted by atomic mass is 16.5. The zero-order valence-electron chi connectivity index (χ0n) is 14.5. The third-order valence-electron chi connectivity index (χ3n) is 4.19. The lowest BCUT2D eigenvalue weighted by Gasteiger charge is -2.35. The molecule has 0 radical (unpaired) electrons. The summed E-state index contributed by atoms with van der Waals surface area (Å²) in [5.74, 6) is 0.405. The second-order valence-electron chi connectivity index (χ2n) is 7.31. The number of fused-ring (bicyclic) bond motifs is 1. The Morgan fingerprint density at radius 3 is 2.67 bits per heavy atom. The van der Waals surface area contributed by atoms with Crippen LogP contribution < -0.4 is 9.64 Å². The van der Waals surface area contributed by atoms with Crippen LogP contribution in [0.2, 0.25) is 0 Å². The molecule has 24 heavy (non-hydrogen) atoms. The van der Waals surface area contributed by atoms with Gasteiger partial charge in [0.2, 0.25) is 5.76 Å². The van der Waals surface area contributed by atoms with Crippen molar-refractivity contribution < 1.29 is 19.1 Å². The standard InChI is InChI=1S/C19H23NO4/c1-12-10-20(11-14-6-8-17(24-14)18(21)22)15-9-13(19(2,3)4)5-7-16(15)23-12/h5-9,12H,10-11H2,1-4H3,(H,21,22). The van der Waals surface area contributed by atoms with Crippen molar-refractivity contribution in [2.75, 3.05) is 11.4 Å². The predicted octanol–water partition coefficient (Wildman–Crippen LogP) is 4.06. The summed E-state index contributed by atoms with van der Waals surface area (Å²) >= 11 is 0. The summed E-state index contributed by atoms with van der Waals surface area (Å²) in [5, 5.41) is 9.00. The van der Waals surface area contributed by atoms with Crippen molar-refractivity contribution >= 4 is 11.7 Å². The molecule has 0 spiro atoms. The first-order valence-electron chi connectivity index (χ1n) is 8.12. The Hall–Kier alpha value is -2.43. The van der Waals surface area contributed by atoms with Crippen LogP contribution >= 0.6 is 0 Å². The molecule has 2 heterocycles. The van der Waals surface area contributed by atoms with E-state index >= 15 is 0 Å². The van der Waals surface area contributed by atoms with Gasteiger partial charge in [0, 0.05) is 0 Å². The number of anilines is 1. The van der Waals surface area contributed by atoms with Crippen molar-refractivity contribution in [2.24, 2.45) is 0 Å². The Kier molecular flexibility index (Phi) is 4.03. The first kappa shape index (κ1) is 16.4. The number of hydrogen-bond acceptors (Lipinski definition) is 4. The van der Waals surface area contributed by atoms with Gasteiger partial charge in [-0.25, -0.2) is 4.79 Å². The molecule has 1 aromatic heterocycles. The molecule has 0 fully saturated rings. The van der Waals surface area contributed by atoms with Crippen LogP contribution in [0.1, 0.15) is 49.6 Å². The maximum Gasteiger partial charge on any atom is 0.371 e. The lowest BCUT2D eigenvalue weighted by atomic mass is 9.86. The van der Waals surface area contributed by atoms with E-state index in [0.717, 1.165) is 18.0 Å². The zero-order valence-corrected chi connectivity index (χ0v) is 14.5. The minimum Gasteiger partial charge on any atom is -0.487 e. The summed E-state index contributed by atoms with van der Waals surface area (Å²) in [4.78, 5) is 13.2. The van der Waals surface area contributed by atoms with E-state index in [1.165, 1.54) is 11.6 Å². The van der Waals surface area contributed by atoms with Gasteiger partial charge in [-0.15, -0.1) is 0 Å². The molecule has 128 valence electrons. The lowest BCUT2D eigenvalue weighted by molar-refractivity contribution is 0.0660. The van der Waals surface area contributed by atoms with Gasteiger partial charge >= 0.3 is 5.97 Å². The highest BCUT2D eigenvalue weighted by Crippen LogP contribution is 2.38. The number of hydrogen-bond donors (Lipinski definition) is 1. The van der Waals surface area contributed by atoms with Crippen molar-refractivity contribution in [1.29, 1.82) is 0 Å². The molecule has 0 amide bonds. The Morgan fingerprint density at radius 1 is 1.29 bits per heavy atom. The van der Waals surface area contributed by atoms with Crippen molar-refractivity contribution in [3.63, 3.8) is 0 Å². The van der Waals surface area contributed by atoms with Crippen LogP contribution in [0.15, 0.2) is 34.7 Å². The molecule has 5 heteroatoms. The Bertz CT molecular complexity index is 757. The third-order valence-corrected chi connectivity index (χ3v) is 4.19. The van der Waals surface area contributed by atoms with Gasteiger partial charge in [0.15, 0.2) is 0 Å². The molecule has 1 aliphatic heterocycles. The summed E-state index contributed by atoms with van der Waals surface area (Å²) in [7, 11) is 0. The molecule has 2 aromatic rings. The van der Waals surface area contributed by atoms with Crippen LogP contribution in [-0.2, 0) is 12.0 Å². The number of nitrogens with zero attached hydrogens (tertiary/aromatic N) is 1. The quantitative estimate of drug-likeness (QED) is 0.920. The highest BCUT2D eigenvalue weighted by Gasteiger charge is 2.26. The molecule has 3 rings (SSSR count). The van der Waals surface area contributed by atoms with E-state index in [2.05, 4.69) is 37.8 Å². The minimum absolute atomic E-state index is 0.0324. The average molecular weight is 329 g/mol. The first-order valence-corrected chi connectivity index (χ1v) is 8.12. The molecule has 5 nitrogen and oxygen atoms in total. The second kappa shape index (κ2) is 5.89. The topological polar surface area (TPSA) is 62.9 Å². The molecule has 1 aliphatic rings. The van der Waals surface area contributed by atoms with Crippen LogP contribution in [0.3, 0.4) is 0 Å². The van der Waals surface area contributed by atoms with E-state index < -0.39 is 5.97 Å². The number of carboxylic acid groups (broad SMARTS) is 1. The molecule has 1 atom stereocenters. The number of rotatable bonds is 3. The fraction of sp³-hybridized carbons (Fsp3) is 0.421. The van der Waals surface area contributed by atoms with Crippen LogP contribution in [0, 0.1) is 0 Å². The summed E-state index contributed by atoms with van der Waals surface area (Å²) in [6.07, 6.45) is 0.0619. The molecular weight excluding hydrogens is 306 g/mol. The van der Waals surface area contributed by atoms with E-state index in [1.54, 1.807) is 6.07 Å². The van der Waals surface area contributed by atoms with Crippen LogP contribution in [0.25, 0.3) is 0 Å². The first-order chi connectivity index (χ1) is 11.2. The van der Waals surface area contributed by atoms with Crippen molar-refractivity contribution in [1.82, 2.24) is 0 Å². The summed E-state index contributed by atoms with van der Waals surface area (Å²) < 4.78 is 11.4. The molecule has 0 bridgehead atoms. The minimum atomic E-state index is -1.05. The highest BCUT2D eigenvalue weighted by molar-refractivity contribution is 5.84. The van der Waals surface area contributed by atoms with Crippen molar-refractivity contribution in [3.8, 4) is 5.75 Å². The largest absolute Gasteiger partial charge is 0.487 e. The third kappa shape index (κ3) is 3.25. The van der Waals surface area contributed by atoms with Crippen molar-refractivity contribution in [3.05, 3.63) is 47.4 Å². The van der Waals surface area contributed by atoms with Gasteiger partial charge in [0.1, 0.15) is 17.6 Å². The normalized spacial score (nSPS) is 17.3. The van der Waals surface area contributed by atoms with Crippen LogP contribution in [0.4, 0.5) is 5.69 Å². The lowest BCUT2D eigenvalue weighted by Crippen LogP contribution is -2.38. The maximum absolute atomic E-state index is 11.0. The monoisotopic (exact) mass is 329 g/mol. The van der Waals surface area contributed by atoms with Gasteiger partial charge in [-0.3, -0.25) is 0 Å². The van der Waals surface area contributed by atoms with Gasteiger partial charge in [0.25, 0.3) is 0 Å². The number of carbonyl (C=O) groups is 1. The Labute approximate surface area is 141 Å². The van der Waals surface area contributed by atoms with Gasteiger partial charge in [-0.05, 0) is 42.2 Å². The van der Waals surface area contributed by atoms with Gasteiger partial charge in [0.05, 0.1) is 18.8 Å². The number of aromatic carboxylic acids is 1. The summed E-state index contributed by atoms with van der Waals surface area (Å²) in [6.45, 7) is 9.80. The Balaban J connectivity index is 1.92. The van der Waals surface area contributed by atoms with E-state index in [1.807, 2.05) is 13.0 Å². The molecule has 0 saturated carbocycles. The molecule has 1 N–H and O–H groups in total. The smallest absolute Gasteiger partial charge is 0.371 e. The van der Waals surface area contributed by atoms with E-state index in [9.17, 15) is 4.79 Å². The number of benzene rings is 1. The van der Waals surface area contributed by atoms with E-state index in [0.29, 0.717) is 12.3 Å². The summed E-state index contributed by atoms with van der Waals surface area (Å²) in [5.41, 5.74) is 2.30. The van der Waals surface area contributed by atoms with E-state index in [-0.39, 0.29) is 17.3 Å². The van der Waals surface area contributed by atoms with Gasteiger partial charge < -0.3 is 19.2 Å². The molecule has 1 unspecified atom stereocenters. The molecular formula is C19H23NO4. The fourth-order valence-corrected chi connectivity index (χ4v) is 2.91. The van der Waals surface area contributed by atoms with Crippen LogP contribution in [-0.4, -0.2) is 23.7 Å². The molecule has 0 aliphatic carbocycles. The number of furan rings is 1. The van der Waals surface area contributed by atoms with Gasteiger partial charge in [-0.1, -0.05) is 26.8 Å². The summed E-state index contributed by atoms with van der Waals surface area (Å²) in [6, 6.07) is 9.49. The zero-order chi connectivity index (χ0) is 17.5. The molecule has 1 aromatic carbocycles. The fourth-order valence-electron chi connectivity index (χ4n) is 2.91.